The Morgan fingerprint density at radius 3 is 2.48 bits per heavy atom. The van der Waals surface area contributed by atoms with Gasteiger partial charge in [0.15, 0.2) is 0 Å². The van der Waals surface area contributed by atoms with E-state index in [0.29, 0.717) is 5.58 Å². The molecule has 1 aromatic heterocycles. The van der Waals surface area contributed by atoms with E-state index in [9.17, 15) is 4.79 Å². The van der Waals surface area contributed by atoms with Crippen LogP contribution in [0.1, 0.15) is 25.3 Å². The summed E-state index contributed by atoms with van der Waals surface area (Å²) in [5.74, 6) is 0. The van der Waals surface area contributed by atoms with Crippen molar-refractivity contribution in [3.05, 3.63) is 70.6 Å². The molecule has 154 valence electrons. The van der Waals surface area contributed by atoms with E-state index in [2.05, 4.69) is 54.1 Å². The van der Waals surface area contributed by atoms with Crippen molar-refractivity contribution in [2.75, 3.05) is 43.9 Å². The third-order valence-corrected chi connectivity index (χ3v) is 5.42. The van der Waals surface area contributed by atoms with E-state index in [4.69, 9.17) is 10.2 Å². The molecule has 0 saturated heterocycles. The van der Waals surface area contributed by atoms with E-state index in [1.807, 2.05) is 12.1 Å². The molecule has 0 spiro atoms. The Bertz CT molecular complexity index is 969. The molecule has 0 saturated carbocycles. The van der Waals surface area contributed by atoms with E-state index >= 15 is 0 Å². The predicted molar refractivity (Wildman–Crippen MR) is 122 cm³/mol. The lowest BCUT2D eigenvalue weighted by Crippen LogP contribution is -2.33. The standard InChI is InChI=1S/C24H31N3O2/c1-3-27(19-9-5-4-6-10-19)18-17-26(2)16-8-7-11-20-21-12-15-24(28)29-23(21)14-13-22(20)25/h4-6,9-10,12-15H,3,7-8,11,16-18,25H2,1-2H3. The first-order chi connectivity index (χ1) is 14.1. The van der Waals surface area contributed by atoms with Crippen LogP contribution in [0.3, 0.4) is 0 Å². The van der Waals surface area contributed by atoms with Crippen LogP contribution < -0.4 is 16.3 Å². The zero-order valence-electron chi connectivity index (χ0n) is 17.4. The van der Waals surface area contributed by atoms with Gasteiger partial charge in [-0.05, 0) is 75.7 Å². The number of likely N-dealkylation sites (N-methyl/N-ethyl adjacent to an activating group) is 2. The Hall–Kier alpha value is -2.79. The van der Waals surface area contributed by atoms with Gasteiger partial charge < -0.3 is 20.0 Å². The van der Waals surface area contributed by atoms with E-state index < -0.39 is 0 Å². The fourth-order valence-corrected chi connectivity index (χ4v) is 3.70. The number of unbranched alkanes of at least 4 members (excludes halogenated alkanes) is 1. The van der Waals surface area contributed by atoms with Gasteiger partial charge in [0.25, 0.3) is 0 Å². The summed E-state index contributed by atoms with van der Waals surface area (Å²) in [5, 5.41) is 0.944. The molecular formula is C24H31N3O2. The van der Waals surface area contributed by atoms with E-state index in [-0.39, 0.29) is 5.63 Å². The van der Waals surface area contributed by atoms with Gasteiger partial charge in [0.2, 0.25) is 0 Å². The predicted octanol–water partition coefficient (Wildman–Crippen LogP) is 4.16. The molecule has 2 N–H and O–H groups in total. The summed E-state index contributed by atoms with van der Waals surface area (Å²) in [5.41, 5.74) is 9.59. The Morgan fingerprint density at radius 1 is 0.931 bits per heavy atom. The molecule has 2 aromatic carbocycles. The van der Waals surface area contributed by atoms with Gasteiger partial charge in [0.05, 0.1) is 0 Å². The molecule has 1 heterocycles. The van der Waals surface area contributed by atoms with Crippen LogP contribution in [0.2, 0.25) is 0 Å². The molecule has 29 heavy (non-hydrogen) atoms. The van der Waals surface area contributed by atoms with Crippen molar-refractivity contribution >= 4 is 22.3 Å². The van der Waals surface area contributed by atoms with Gasteiger partial charge in [-0.3, -0.25) is 0 Å². The minimum Gasteiger partial charge on any atom is -0.423 e. The molecule has 0 aliphatic rings. The molecule has 0 bridgehead atoms. The van der Waals surface area contributed by atoms with Crippen molar-refractivity contribution in [1.29, 1.82) is 0 Å². The molecule has 5 heteroatoms. The van der Waals surface area contributed by atoms with Crippen LogP contribution >= 0.6 is 0 Å². The number of aryl methyl sites for hydroxylation is 1. The second-order valence-corrected chi connectivity index (χ2v) is 7.48. The van der Waals surface area contributed by atoms with Gasteiger partial charge >= 0.3 is 5.63 Å². The van der Waals surface area contributed by atoms with Gasteiger partial charge in [0, 0.05) is 42.5 Å². The minimum absolute atomic E-state index is 0.327. The maximum absolute atomic E-state index is 11.4. The van der Waals surface area contributed by atoms with Crippen molar-refractivity contribution in [3.63, 3.8) is 0 Å². The van der Waals surface area contributed by atoms with Crippen LogP contribution in [-0.4, -0.2) is 38.1 Å². The normalized spacial score (nSPS) is 11.3. The first-order valence-electron chi connectivity index (χ1n) is 10.4. The number of hydrogen-bond acceptors (Lipinski definition) is 5. The van der Waals surface area contributed by atoms with Crippen LogP contribution in [0.5, 0.6) is 0 Å². The molecule has 0 amide bonds. The average Bonchev–Trinajstić information content (AvgIpc) is 2.73. The van der Waals surface area contributed by atoms with E-state index in [1.165, 1.54) is 11.8 Å². The quantitative estimate of drug-likeness (QED) is 0.318. The second kappa shape index (κ2) is 10.1. The van der Waals surface area contributed by atoms with E-state index in [1.54, 1.807) is 6.07 Å². The number of fused-ring (bicyclic) bond motifs is 1. The summed E-state index contributed by atoms with van der Waals surface area (Å²) >= 11 is 0. The van der Waals surface area contributed by atoms with Crippen LogP contribution in [-0.2, 0) is 6.42 Å². The largest absolute Gasteiger partial charge is 0.423 e. The topological polar surface area (TPSA) is 62.7 Å². The van der Waals surface area contributed by atoms with Crippen molar-refractivity contribution in [2.45, 2.75) is 26.2 Å². The lowest BCUT2D eigenvalue weighted by molar-refractivity contribution is 0.331. The molecule has 3 rings (SSSR count). The molecule has 3 aromatic rings. The van der Waals surface area contributed by atoms with Crippen molar-refractivity contribution in [2.24, 2.45) is 0 Å². The van der Waals surface area contributed by atoms with Crippen molar-refractivity contribution < 1.29 is 4.42 Å². The van der Waals surface area contributed by atoms with Gasteiger partial charge in [0.1, 0.15) is 5.58 Å². The molecule has 0 aliphatic carbocycles. The highest BCUT2D eigenvalue weighted by Gasteiger charge is 2.09. The summed E-state index contributed by atoms with van der Waals surface area (Å²) in [6, 6.07) is 17.5. The highest BCUT2D eigenvalue weighted by atomic mass is 16.4. The van der Waals surface area contributed by atoms with E-state index in [0.717, 1.165) is 62.1 Å². The fourth-order valence-electron chi connectivity index (χ4n) is 3.70. The van der Waals surface area contributed by atoms with Gasteiger partial charge in [-0.2, -0.15) is 0 Å². The number of benzene rings is 2. The third kappa shape index (κ3) is 5.61. The monoisotopic (exact) mass is 393 g/mol. The summed E-state index contributed by atoms with van der Waals surface area (Å²) in [4.78, 5) is 16.2. The first kappa shape index (κ1) is 20.9. The van der Waals surface area contributed by atoms with Crippen molar-refractivity contribution in [1.82, 2.24) is 4.90 Å². The summed E-state index contributed by atoms with van der Waals surface area (Å²) in [6.45, 7) is 6.31. The zero-order valence-corrected chi connectivity index (χ0v) is 17.4. The molecule has 0 aliphatic heterocycles. The average molecular weight is 394 g/mol. The van der Waals surface area contributed by atoms with Gasteiger partial charge in [-0.25, -0.2) is 4.79 Å². The molecule has 0 unspecified atom stereocenters. The fraction of sp³-hybridized carbons (Fsp3) is 0.375. The van der Waals surface area contributed by atoms with Gasteiger partial charge in [-0.15, -0.1) is 0 Å². The first-order valence-corrected chi connectivity index (χ1v) is 10.4. The highest BCUT2D eigenvalue weighted by Crippen LogP contribution is 2.25. The number of rotatable bonds is 10. The lowest BCUT2D eigenvalue weighted by atomic mass is 10.0. The maximum atomic E-state index is 11.4. The lowest BCUT2D eigenvalue weighted by Gasteiger charge is -2.26. The van der Waals surface area contributed by atoms with Crippen molar-refractivity contribution in [3.8, 4) is 0 Å². The zero-order chi connectivity index (χ0) is 20.6. The van der Waals surface area contributed by atoms with Gasteiger partial charge in [-0.1, -0.05) is 18.2 Å². The number of hydrogen-bond donors (Lipinski definition) is 1. The molecular weight excluding hydrogens is 362 g/mol. The Balaban J connectivity index is 1.47. The number of nitrogens with two attached hydrogens (primary N) is 1. The number of nitrogens with zero attached hydrogens (tertiary/aromatic N) is 2. The maximum Gasteiger partial charge on any atom is 0.336 e. The molecule has 0 atom stereocenters. The minimum atomic E-state index is -0.327. The van der Waals surface area contributed by atoms with Crippen LogP contribution in [0.4, 0.5) is 11.4 Å². The summed E-state index contributed by atoms with van der Waals surface area (Å²) in [6.07, 6.45) is 3.03. The SMILES string of the molecule is CCN(CCN(C)CCCCc1c(N)ccc2oc(=O)ccc12)c1ccccc1. The smallest absolute Gasteiger partial charge is 0.336 e. The molecule has 0 fully saturated rings. The van der Waals surface area contributed by atoms with Crippen LogP contribution in [0, 0.1) is 0 Å². The molecule has 0 radical (unpaired) electrons. The number of para-hydroxylation sites is 1. The summed E-state index contributed by atoms with van der Waals surface area (Å²) < 4.78 is 5.28. The number of anilines is 2. The molecule has 5 nitrogen and oxygen atoms in total. The van der Waals surface area contributed by atoms with Crippen LogP contribution in [0.25, 0.3) is 11.0 Å². The highest BCUT2D eigenvalue weighted by molar-refractivity contribution is 5.85. The third-order valence-electron chi connectivity index (χ3n) is 5.42. The van der Waals surface area contributed by atoms with Crippen LogP contribution in [0.15, 0.2) is 63.8 Å². The Labute approximate surface area is 172 Å². The Kier molecular flexibility index (Phi) is 7.30. The second-order valence-electron chi connectivity index (χ2n) is 7.48. The number of nitrogen functional groups attached to an aromatic ring is 1. The summed E-state index contributed by atoms with van der Waals surface area (Å²) in [7, 11) is 2.18. The Morgan fingerprint density at radius 2 is 1.72 bits per heavy atom.